The van der Waals surface area contributed by atoms with Crippen molar-refractivity contribution < 1.29 is 15.4 Å². The Morgan fingerprint density at radius 1 is 1.56 bits per heavy atom. The minimum Gasteiger partial charge on any atom is -0.478 e. The van der Waals surface area contributed by atoms with E-state index < -0.39 is 29.7 Å². The van der Waals surface area contributed by atoms with Crippen molar-refractivity contribution in [3.8, 4) is 0 Å². The molecule has 46 valence electrons. The number of carbonyl (C=O) groups is 1. The van der Waals surface area contributed by atoms with Crippen LogP contribution in [-0.4, -0.2) is 11.1 Å². The predicted molar refractivity (Wildman–Crippen MR) is 33.4 cm³/mol. The number of hydrogen-bond donors (Lipinski definition) is 1. The van der Waals surface area contributed by atoms with E-state index in [-0.39, 0.29) is 6.04 Å². The summed E-state index contributed by atoms with van der Waals surface area (Å²) in [5, 5.41) is 8.56. The van der Waals surface area contributed by atoms with Crippen molar-refractivity contribution >= 4 is 5.97 Å². The summed E-state index contributed by atoms with van der Waals surface area (Å²) in [5.41, 5.74) is -0.411. The second kappa shape index (κ2) is 2.31. The minimum absolute atomic E-state index is 0.349. The molecule has 0 radical (unpaired) electrons. The summed E-state index contributed by atoms with van der Waals surface area (Å²) in [6.45, 7) is 0. The molecular weight excluding hydrogens is 116 g/mol. The van der Waals surface area contributed by atoms with Crippen LogP contribution in [0.5, 0.6) is 0 Å². The first-order valence-electron chi connectivity index (χ1n) is 4.26. The molecule has 1 rings (SSSR count). The zero-order valence-electron chi connectivity index (χ0n) is 8.43. The highest BCUT2D eigenvalue weighted by Gasteiger charge is 1.96. The molecule has 1 N–H and O–H groups in total. The molecular formula is C7H6O2. The largest absolute Gasteiger partial charge is 0.478 e. The second-order valence-electron chi connectivity index (χ2n) is 1.38. The van der Waals surface area contributed by atoms with Crippen LogP contribution in [0.2, 0.25) is 0 Å². The lowest BCUT2D eigenvalue weighted by molar-refractivity contribution is 0.0697. The highest BCUT2D eigenvalue weighted by molar-refractivity contribution is 5.87. The van der Waals surface area contributed by atoms with E-state index in [1.165, 1.54) is 0 Å². The minimum atomic E-state index is -1.35. The molecule has 0 atom stereocenters. The third-order valence-corrected chi connectivity index (χ3v) is 0.779. The summed E-state index contributed by atoms with van der Waals surface area (Å²) in [4.78, 5) is 10.5. The Balaban J connectivity index is 3.50. The molecule has 1 aromatic carbocycles. The average Bonchev–Trinajstić information content (AvgIpc) is 2.07. The van der Waals surface area contributed by atoms with Gasteiger partial charge in [0.15, 0.2) is 0 Å². The molecule has 2 heteroatoms. The van der Waals surface area contributed by atoms with Crippen LogP contribution in [0.3, 0.4) is 0 Å². The van der Waals surface area contributed by atoms with Gasteiger partial charge in [-0.2, -0.15) is 0 Å². The molecule has 9 heavy (non-hydrogen) atoms. The maximum absolute atomic E-state index is 10.5. The van der Waals surface area contributed by atoms with Gasteiger partial charge in [0.1, 0.15) is 0 Å². The summed E-state index contributed by atoms with van der Waals surface area (Å²) < 4.78 is 28.6. The van der Waals surface area contributed by atoms with E-state index in [0.717, 1.165) is 6.07 Å². The van der Waals surface area contributed by atoms with Crippen molar-refractivity contribution in [3.05, 3.63) is 35.8 Å². The zero-order chi connectivity index (χ0) is 10.2. The van der Waals surface area contributed by atoms with E-state index in [1.54, 1.807) is 0 Å². The first-order valence-corrected chi connectivity index (χ1v) is 2.26. The SMILES string of the molecule is [2H]c1cc(C(=O)O)c([2H])c([2H])c1[2H]. The van der Waals surface area contributed by atoms with Gasteiger partial charge in [-0.15, -0.1) is 0 Å². The van der Waals surface area contributed by atoms with Crippen molar-refractivity contribution in [1.82, 2.24) is 0 Å². The third-order valence-electron chi connectivity index (χ3n) is 0.779. The van der Waals surface area contributed by atoms with Gasteiger partial charge in [-0.3, -0.25) is 0 Å². The van der Waals surface area contributed by atoms with Gasteiger partial charge >= 0.3 is 5.97 Å². The van der Waals surface area contributed by atoms with Crippen LogP contribution in [-0.2, 0) is 0 Å². The number of benzene rings is 1. The summed E-state index contributed by atoms with van der Waals surface area (Å²) in [5.74, 6) is -1.35. The molecule has 0 aromatic heterocycles. The van der Waals surface area contributed by atoms with Crippen LogP contribution in [0.4, 0.5) is 0 Å². The van der Waals surface area contributed by atoms with Gasteiger partial charge in [0, 0.05) is 0 Å². The van der Waals surface area contributed by atoms with E-state index in [0.29, 0.717) is 0 Å². The van der Waals surface area contributed by atoms with Gasteiger partial charge in [0.05, 0.1) is 11.0 Å². The molecule has 0 aliphatic carbocycles. The van der Waals surface area contributed by atoms with E-state index in [9.17, 15) is 4.79 Å². The fraction of sp³-hybridized carbons (Fsp3) is 0. The number of carboxylic acid groups (broad SMARTS) is 1. The third kappa shape index (κ3) is 1.29. The fourth-order valence-electron chi connectivity index (χ4n) is 0.394. The molecule has 0 unspecified atom stereocenters. The molecule has 0 aliphatic rings. The van der Waals surface area contributed by atoms with Crippen LogP contribution in [0.1, 0.15) is 15.8 Å². The molecule has 2 nitrogen and oxygen atoms in total. The highest BCUT2D eigenvalue weighted by Crippen LogP contribution is 1.96. The molecule has 1 aromatic rings. The maximum Gasteiger partial charge on any atom is 0.335 e. The summed E-state index contributed by atoms with van der Waals surface area (Å²) in [6, 6.07) is -0.905. The number of hydrogen-bond acceptors (Lipinski definition) is 1. The van der Waals surface area contributed by atoms with Crippen LogP contribution in [0.25, 0.3) is 0 Å². The Morgan fingerprint density at radius 3 is 3.00 bits per heavy atom. The molecule has 0 bridgehead atoms. The summed E-state index contributed by atoms with van der Waals surface area (Å²) in [7, 11) is 0. The molecule has 0 amide bonds. The lowest BCUT2D eigenvalue weighted by Gasteiger charge is -1.88. The fourth-order valence-corrected chi connectivity index (χ4v) is 0.394. The normalized spacial score (nSPS) is 15.1. The molecule has 0 saturated carbocycles. The van der Waals surface area contributed by atoms with Crippen molar-refractivity contribution in [1.29, 1.82) is 0 Å². The Morgan fingerprint density at radius 2 is 2.33 bits per heavy atom. The predicted octanol–water partition coefficient (Wildman–Crippen LogP) is 1.38. The van der Waals surface area contributed by atoms with Crippen LogP contribution >= 0.6 is 0 Å². The number of aromatic carboxylic acids is 1. The molecule has 0 spiro atoms. The van der Waals surface area contributed by atoms with E-state index in [1.807, 2.05) is 0 Å². The van der Waals surface area contributed by atoms with Gasteiger partial charge in [-0.25, -0.2) is 4.79 Å². The quantitative estimate of drug-likeness (QED) is 0.617. The van der Waals surface area contributed by atoms with E-state index in [4.69, 9.17) is 10.6 Å². The second-order valence-corrected chi connectivity index (χ2v) is 1.38. The average molecular weight is 126 g/mol. The van der Waals surface area contributed by atoms with Crippen LogP contribution < -0.4 is 0 Å². The Hall–Kier alpha value is -1.31. The van der Waals surface area contributed by atoms with Gasteiger partial charge in [0.2, 0.25) is 0 Å². The van der Waals surface area contributed by atoms with E-state index in [2.05, 4.69) is 0 Å². The number of rotatable bonds is 1. The smallest absolute Gasteiger partial charge is 0.335 e. The molecule has 0 saturated heterocycles. The standard InChI is InChI=1S/C7H6O2/c8-7(9)6-4-2-1-3-5-6/h1-5H,(H,8,9)/i1D,2D,3D,4D. The van der Waals surface area contributed by atoms with Crippen molar-refractivity contribution in [2.75, 3.05) is 0 Å². The Labute approximate surface area is 58.4 Å². The van der Waals surface area contributed by atoms with Gasteiger partial charge in [0.25, 0.3) is 0 Å². The van der Waals surface area contributed by atoms with Crippen molar-refractivity contribution in [2.45, 2.75) is 0 Å². The van der Waals surface area contributed by atoms with Gasteiger partial charge < -0.3 is 5.11 Å². The van der Waals surface area contributed by atoms with Crippen molar-refractivity contribution in [2.24, 2.45) is 0 Å². The lowest BCUT2D eigenvalue weighted by Crippen LogP contribution is -1.93. The highest BCUT2D eigenvalue weighted by atomic mass is 16.4. The summed E-state index contributed by atoms with van der Waals surface area (Å²) in [6.07, 6.45) is 0. The summed E-state index contributed by atoms with van der Waals surface area (Å²) >= 11 is 0. The Kier molecular flexibility index (Phi) is 0.646. The van der Waals surface area contributed by atoms with Gasteiger partial charge in [-0.1, -0.05) is 18.1 Å². The first-order chi connectivity index (χ1) is 5.95. The van der Waals surface area contributed by atoms with E-state index >= 15 is 0 Å². The topological polar surface area (TPSA) is 37.3 Å². The molecule has 0 heterocycles. The number of carboxylic acids is 1. The maximum atomic E-state index is 10.5. The zero-order valence-corrected chi connectivity index (χ0v) is 4.43. The lowest BCUT2D eigenvalue weighted by atomic mass is 10.2. The van der Waals surface area contributed by atoms with Gasteiger partial charge in [-0.05, 0) is 12.1 Å². The first kappa shape index (κ1) is 2.52. The van der Waals surface area contributed by atoms with Crippen LogP contribution in [0, 0.1) is 0 Å². The molecule has 0 aliphatic heterocycles. The Bertz CT molecular complexity index is 375. The monoisotopic (exact) mass is 126 g/mol. The van der Waals surface area contributed by atoms with Crippen molar-refractivity contribution in [3.63, 3.8) is 0 Å². The van der Waals surface area contributed by atoms with Crippen LogP contribution in [0.15, 0.2) is 30.2 Å². The molecule has 0 fully saturated rings.